The minimum absolute atomic E-state index is 1.02. The van der Waals surface area contributed by atoms with E-state index in [1.54, 1.807) is 0 Å². The van der Waals surface area contributed by atoms with E-state index >= 15 is 0 Å². The third kappa shape index (κ3) is 0.435. The van der Waals surface area contributed by atoms with Crippen molar-refractivity contribution in [2.45, 2.75) is 0 Å². The van der Waals surface area contributed by atoms with Crippen LogP contribution in [0.4, 0.5) is 0 Å². The highest BCUT2D eigenvalue weighted by atomic mass is 31.1. The van der Waals surface area contributed by atoms with Crippen LogP contribution in [0, 0.1) is 0 Å². The maximum absolute atomic E-state index is 2.15. The lowest BCUT2D eigenvalue weighted by Crippen LogP contribution is -1.74. The summed E-state index contributed by atoms with van der Waals surface area (Å²) in [6.45, 7) is 0. The summed E-state index contributed by atoms with van der Waals surface area (Å²) in [6, 6.07) is 0. The first-order valence-electron chi connectivity index (χ1n) is 1.22. The molecule has 21 valence electrons. The molecule has 2 unspecified atom stereocenters. The standard InChI is InChI=1S/CH4BNP/c1-3-2-4-3/h4H,1H3. The molecule has 1 fully saturated rings. The Morgan fingerprint density at radius 1 is 2.00 bits per heavy atom. The van der Waals surface area contributed by atoms with Gasteiger partial charge in [0.2, 0.25) is 0 Å². The third-order valence-electron chi connectivity index (χ3n) is 0.387. The summed E-state index contributed by atoms with van der Waals surface area (Å²) in [6.07, 6.45) is 0. The normalized spacial score (nSPS) is 43.8. The van der Waals surface area contributed by atoms with Crippen LogP contribution < -0.4 is 0 Å². The molecule has 1 aliphatic heterocycles. The van der Waals surface area contributed by atoms with Gasteiger partial charge in [-0.25, -0.2) is 0 Å². The first kappa shape index (κ1) is 2.68. The number of rotatable bonds is 0. The monoisotopic (exact) mass is 72.0 g/mol. The van der Waals surface area contributed by atoms with Gasteiger partial charge in [-0.3, -0.25) is 0 Å². The van der Waals surface area contributed by atoms with E-state index in [9.17, 15) is 0 Å². The van der Waals surface area contributed by atoms with Crippen LogP contribution in [0.2, 0.25) is 0 Å². The molecule has 4 heavy (non-hydrogen) atoms. The van der Waals surface area contributed by atoms with Crippen molar-refractivity contribution in [3.63, 3.8) is 0 Å². The van der Waals surface area contributed by atoms with E-state index < -0.39 is 0 Å². The Hall–Kier alpha value is 0.455. The third-order valence-corrected chi connectivity index (χ3v) is 1.16. The average Bonchev–Trinajstić information content (AvgIpc) is 1.75. The molecule has 0 bridgehead atoms. The minimum atomic E-state index is 1.02. The van der Waals surface area contributed by atoms with E-state index in [0.717, 1.165) is 8.61 Å². The quantitative estimate of drug-likeness (QED) is 0.222. The van der Waals surface area contributed by atoms with Gasteiger partial charge in [-0.05, 0) is 7.05 Å². The lowest BCUT2D eigenvalue weighted by atomic mass is 10.4. The predicted octanol–water partition coefficient (Wildman–Crippen LogP) is 0.0595. The second-order valence-electron chi connectivity index (χ2n) is 0.869. The number of hydrogen-bond donors (Lipinski definition) is 0. The molecule has 1 aliphatic rings. The topological polar surface area (TPSA) is 3.01 Å². The van der Waals surface area contributed by atoms with Crippen molar-refractivity contribution in [3.05, 3.63) is 0 Å². The Balaban J connectivity index is 2.17. The van der Waals surface area contributed by atoms with Crippen LogP contribution in [0.1, 0.15) is 0 Å². The van der Waals surface area contributed by atoms with Gasteiger partial charge >= 0.3 is 0 Å². The number of nitrogens with zero attached hydrogens (tertiary/aromatic N) is 1. The highest BCUT2D eigenvalue weighted by Crippen LogP contribution is 2.28. The zero-order valence-electron chi connectivity index (χ0n) is 2.52. The van der Waals surface area contributed by atoms with Crippen LogP contribution in [-0.2, 0) is 0 Å². The summed E-state index contributed by atoms with van der Waals surface area (Å²) in [7, 11) is 5.24. The van der Waals surface area contributed by atoms with E-state index in [1.165, 1.54) is 0 Å². The van der Waals surface area contributed by atoms with Gasteiger partial charge in [-0.1, -0.05) is 8.61 Å². The molecular weight excluding hydrogens is 67.8 g/mol. The molecule has 0 N–H and O–H groups in total. The van der Waals surface area contributed by atoms with Crippen molar-refractivity contribution in [1.82, 2.24) is 4.58 Å². The van der Waals surface area contributed by atoms with Crippen LogP contribution in [0.3, 0.4) is 0 Å². The van der Waals surface area contributed by atoms with E-state index in [-0.39, 0.29) is 0 Å². The van der Waals surface area contributed by atoms with Crippen molar-refractivity contribution in [1.29, 1.82) is 0 Å². The summed E-state index contributed by atoms with van der Waals surface area (Å²) < 4.78 is 2.15. The van der Waals surface area contributed by atoms with Crippen LogP contribution in [0.25, 0.3) is 0 Å². The van der Waals surface area contributed by atoms with Crippen LogP contribution in [0.15, 0.2) is 0 Å². The fourth-order valence-corrected chi connectivity index (χ4v) is 0.173. The summed E-state index contributed by atoms with van der Waals surface area (Å²) in [5, 5.41) is 0. The summed E-state index contributed by atoms with van der Waals surface area (Å²) in [5.41, 5.74) is 0. The van der Waals surface area contributed by atoms with Gasteiger partial charge < -0.3 is 4.58 Å². The second-order valence-corrected chi connectivity index (χ2v) is 2.09. The molecule has 1 rings (SSSR count). The fourth-order valence-electron chi connectivity index (χ4n) is 0.0577. The first-order chi connectivity index (χ1) is 1.89. The first-order valence-corrected chi connectivity index (χ1v) is 2.24. The zero-order valence-corrected chi connectivity index (χ0v) is 3.52. The molecule has 0 aliphatic carbocycles. The Bertz CT molecular complexity index is 27.2. The largest absolute Gasteiger partial charge is 0.331 e. The maximum atomic E-state index is 2.15. The van der Waals surface area contributed by atoms with Crippen molar-refractivity contribution in [2.24, 2.45) is 0 Å². The fraction of sp³-hybridized carbons (Fsp3) is 1.00. The molecule has 1 radical (unpaired) electrons. The molecule has 0 amide bonds. The molecular formula is CH4BNP. The SMILES string of the molecule is CN1[B]P1. The van der Waals surface area contributed by atoms with Gasteiger partial charge in [0, 0.05) is 0 Å². The molecule has 0 saturated carbocycles. The Kier molecular flexibility index (Phi) is 0.469. The molecule has 1 nitrogen and oxygen atoms in total. The molecule has 0 aromatic rings. The molecule has 3 heteroatoms. The number of hydrogen-bond acceptors (Lipinski definition) is 1. The van der Waals surface area contributed by atoms with Crippen molar-refractivity contribution in [3.8, 4) is 0 Å². The highest BCUT2D eigenvalue weighted by molar-refractivity contribution is 7.82. The molecule has 2 atom stereocenters. The molecule has 0 aromatic heterocycles. The molecule has 1 saturated heterocycles. The smallest absolute Gasteiger partial charge is 0.259 e. The maximum Gasteiger partial charge on any atom is 0.259 e. The predicted molar refractivity (Wildman–Crippen MR) is 21.8 cm³/mol. The van der Waals surface area contributed by atoms with Crippen molar-refractivity contribution < 1.29 is 0 Å². The van der Waals surface area contributed by atoms with E-state index in [2.05, 4.69) is 18.8 Å². The van der Waals surface area contributed by atoms with E-state index in [4.69, 9.17) is 0 Å². The summed E-state index contributed by atoms with van der Waals surface area (Å²) >= 11 is 0. The zero-order chi connectivity index (χ0) is 2.99. The Morgan fingerprint density at radius 2 is 2.25 bits per heavy atom. The van der Waals surface area contributed by atoms with Gasteiger partial charge in [-0.15, -0.1) is 0 Å². The summed E-state index contributed by atoms with van der Waals surface area (Å²) in [4.78, 5) is 0. The van der Waals surface area contributed by atoms with Crippen molar-refractivity contribution in [2.75, 3.05) is 7.05 Å². The Morgan fingerprint density at radius 3 is 2.25 bits per heavy atom. The van der Waals surface area contributed by atoms with Gasteiger partial charge in [0.15, 0.2) is 0 Å². The van der Waals surface area contributed by atoms with Gasteiger partial charge in [0.05, 0.1) is 0 Å². The van der Waals surface area contributed by atoms with Gasteiger partial charge in [-0.2, -0.15) is 0 Å². The minimum Gasteiger partial charge on any atom is -0.331 e. The lowest BCUT2D eigenvalue weighted by molar-refractivity contribution is 0.963. The van der Waals surface area contributed by atoms with Gasteiger partial charge in [0.1, 0.15) is 0 Å². The highest BCUT2D eigenvalue weighted by Gasteiger charge is 2.11. The van der Waals surface area contributed by atoms with E-state index in [1.807, 2.05) is 0 Å². The molecule has 0 spiro atoms. The van der Waals surface area contributed by atoms with Crippen LogP contribution in [0.5, 0.6) is 0 Å². The lowest BCUT2D eigenvalue weighted by Gasteiger charge is -1.67. The second kappa shape index (κ2) is 0.700. The molecule has 1 heterocycles. The van der Waals surface area contributed by atoms with Crippen LogP contribution >= 0.6 is 8.61 Å². The van der Waals surface area contributed by atoms with Crippen molar-refractivity contribution >= 4 is 15.7 Å². The van der Waals surface area contributed by atoms with Gasteiger partial charge in [0.25, 0.3) is 7.13 Å². The molecule has 0 aromatic carbocycles. The Labute approximate surface area is 28.4 Å². The van der Waals surface area contributed by atoms with Crippen LogP contribution in [-0.4, -0.2) is 18.8 Å². The average molecular weight is 71.8 g/mol. The van der Waals surface area contributed by atoms with E-state index in [0.29, 0.717) is 0 Å². The summed E-state index contributed by atoms with van der Waals surface area (Å²) in [5.74, 6) is 0.